The molecule has 0 spiro atoms. The third-order valence-electron chi connectivity index (χ3n) is 2.27. The number of aromatic amines is 1. The fourth-order valence-electron chi connectivity index (χ4n) is 1.43. The molecule has 2 rings (SSSR count). The second kappa shape index (κ2) is 4.82. The summed E-state index contributed by atoms with van der Waals surface area (Å²) in [6.07, 6.45) is 2.64. The van der Waals surface area contributed by atoms with E-state index in [0.29, 0.717) is 0 Å². The summed E-state index contributed by atoms with van der Waals surface area (Å²) in [6, 6.07) is 0. The van der Waals surface area contributed by atoms with Crippen LogP contribution >= 0.6 is 0 Å². The van der Waals surface area contributed by atoms with Crippen LogP contribution in [0.3, 0.4) is 0 Å². The van der Waals surface area contributed by atoms with E-state index in [9.17, 15) is 9.59 Å². The number of carbonyl (C=O) groups excluding carboxylic acids is 1. The average molecular weight is 249 g/mol. The topological polar surface area (TPSA) is 94.2 Å². The fraction of sp³-hybridized carbons (Fsp3) is 0.273. The van der Waals surface area contributed by atoms with Crippen molar-refractivity contribution in [2.24, 2.45) is 0 Å². The second-order valence-electron chi connectivity index (χ2n) is 3.36. The van der Waals surface area contributed by atoms with E-state index in [1.54, 1.807) is 6.92 Å². The summed E-state index contributed by atoms with van der Waals surface area (Å²) in [4.78, 5) is 34.2. The third-order valence-corrected chi connectivity index (χ3v) is 2.27. The van der Waals surface area contributed by atoms with Gasteiger partial charge in [-0.1, -0.05) is 0 Å². The van der Waals surface area contributed by atoms with Crippen molar-refractivity contribution < 1.29 is 14.3 Å². The number of ether oxygens (including phenoxy) is 2. The number of fused-ring (bicyclic) bond motifs is 1. The molecule has 0 aliphatic carbocycles. The molecule has 1 N–H and O–H groups in total. The summed E-state index contributed by atoms with van der Waals surface area (Å²) in [6.45, 7) is 1.86. The lowest BCUT2D eigenvalue weighted by Crippen LogP contribution is -2.19. The lowest BCUT2D eigenvalue weighted by Gasteiger charge is -2.03. The number of H-pyrrole nitrogens is 1. The lowest BCUT2D eigenvalue weighted by atomic mass is 10.2. The predicted octanol–water partition coefficient (Wildman–Crippen LogP) is 0.503. The lowest BCUT2D eigenvalue weighted by molar-refractivity contribution is 0.0524. The summed E-state index contributed by atoms with van der Waals surface area (Å²) in [7, 11) is 1.42. The van der Waals surface area contributed by atoms with E-state index < -0.39 is 11.4 Å². The van der Waals surface area contributed by atoms with Crippen LogP contribution in [0.4, 0.5) is 0 Å². The number of hydrogen-bond donors (Lipinski definition) is 1. The van der Waals surface area contributed by atoms with Crippen molar-refractivity contribution in [3.63, 3.8) is 0 Å². The molecule has 0 aromatic carbocycles. The Kier molecular flexibility index (Phi) is 3.22. The van der Waals surface area contributed by atoms with Crippen molar-refractivity contribution in [1.29, 1.82) is 0 Å². The maximum Gasteiger partial charge on any atom is 0.343 e. The van der Waals surface area contributed by atoms with Gasteiger partial charge in [-0.25, -0.2) is 14.8 Å². The number of nitrogens with one attached hydrogen (secondary N) is 1. The van der Waals surface area contributed by atoms with Gasteiger partial charge in [0.05, 0.1) is 19.9 Å². The van der Waals surface area contributed by atoms with Crippen LogP contribution in [0.15, 0.2) is 17.2 Å². The van der Waals surface area contributed by atoms with Gasteiger partial charge in [0.25, 0.3) is 0 Å². The van der Waals surface area contributed by atoms with Gasteiger partial charge in [-0.2, -0.15) is 0 Å². The zero-order valence-corrected chi connectivity index (χ0v) is 9.89. The highest BCUT2D eigenvalue weighted by atomic mass is 16.5. The molecule has 2 heterocycles. The number of rotatable bonds is 3. The van der Waals surface area contributed by atoms with E-state index in [2.05, 4.69) is 15.0 Å². The summed E-state index contributed by atoms with van der Waals surface area (Å²) in [5.74, 6) is -0.487. The number of hydrogen-bond acceptors (Lipinski definition) is 6. The van der Waals surface area contributed by atoms with Gasteiger partial charge in [0, 0.05) is 6.20 Å². The van der Waals surface area contributed by atoms with Gasteiger partial charge in [0.2, 0.25) is 11.3 Å². The molecule has 18 heavy (non-hydrogen) atoms. The SMILES string of the molecule is CCOC(=O)c1c[nH]c2ncc(OC)nc2c1=O. The second-order valence-corrected chi connectivity index (χ2v) is 3.36. The maximum atomic E-state index is 12.0. The molecule has 0 saturated carbocycles. The van der Waals surface area contributed by atoms with Gasteiger partial charge in [-0.05, 0) is 6.92 Å². The molecule has 0 aliphatic heterocycles. The number of pyridine rings is 1. The molecule has 2 aromatic rings. The van der Waals surface area contributed by atoms with Gasteiger partial charge in [-0.3, -0.25) is 4.79 Å². The maximum absolute atomic E-state index is 12.0. The first-order chi connectivity index (χ1) is 8.67. The zero-order chi connectivity index (χ0) is 13.1. The first kappa shape index (κ1) is 12.0. The highest BCUT2D eigenvalue weighted by Crippen LogP contribution is 2.09. The average Bonchev–Trinajstić information content (AvgIpc) is 2.39. The Hall–Kier alpha value is -2.44. The smallest absolute Gasteiger partial charge is 0.343 e. The number of carbonyl (C=O) groups is 1. The summed E-state index contributed by atoms with van der Waals surface area (Å²) < 4.78 is 9.66. The molecule has 0 unspecified atom stereocenters. The molecule has 0 bridgehead atoms. The molecule has 0 amide bonds. The van der Waals surface area contributed by atoms with Crippen LogP contribution in [-0.2, 0) is 4.74 Å². The van der Waals surface area contributed by atoms with Crippen LogP contribution in [0, 0.1) is 0 Å². The van der Waals surface area contributed by atoms with E-state index >= 15 is 0 Å². The van der Waals surface area contributed by atoms with E-state index in [0.717, 1.165) is 0 Å². The van der Waals surface area contributed by atoms with Crippen molar-refractivity contribution in [2.45, 2.75) is 6.92 Å². The molecule has 0 aliphatic rings. The molecule has 2 aromatic heterocycles. The first-order valence-corrected chi connectivity index (χ1v) is 5.27. The monoisotopic (exact) mass is 249 g/mol. The first-order valence-electron chi connectivity index (χ1n) is 5.27. The van der Waals surface area contributed by atoms with Gasteiger partial charge in [-0.15, -0.1) is 0 Å². The Morgan fingerprint density at radius 1 is 1.50 bits per heavy atom. The van der Waals surface area contributed by atoms with E-state index in [-0.39, 0.29) is 29.2 Å². The third kappa shape index (κ3) is 2.02. The number of esters is 1. The number of nitrogens with zero attached hydrogens (tertiary/aromatic N) is 2. The van der Waals surface area contributed by atoms with Gasteiger partial charge in [0.15, 0.2) is 11.2 Å². The molecular formula is C11H11N3O4. The minimum absolute atomic E-state index is 0.0416. The zero-order valence-electron chi connectivity index (χ0n) is 9.89. The summed E-state index contributed by atoms with van der Waals surface area (Å²) in [5.41, 5.74) is -0.311. The quantitative estimate of drug-likeness (QED) is 0.796. The van der Waals surface area contributed by atoms with Crippen molar-refractivity contribution in [3.8, 4) is 5.88 Å². The van der Waals surface area contributed by atoms with Crippen molar-refractivity contribution >= 4 is 17.1 Å². The van der Waals surface area contributed by atoms with E-state index in [1.807, 2.05) is 0 Å². The fourth-order valence-corrected chi connectivity index (χ4v) is 1.43. The number of aromatic nitrogens is 3. The molecular weight excluding hydrogens is 238 g/mol. The minimum Gasteiger partial charge on any atom is -0.480 e. The van der Waals surface area contributed by atoms with Crippen LogP contribution in [-0.4, -0.2) is 34.6 Å². The number of methoxy groups -OCH3 is 1. The Morgan fingerprint density at radius 2 is 2.28 bits per heavy atom. The van der Waals surface area contributed by atoms with Crippen molar-refractivity contribution in [1.82, 2.24) is 15.0 Å². The van der Waals surface area contributed by atoms with Gasteiger partial charge in [0.1, 0.15) is 5.56 Å². The Morgan fingerprint density at radius 3 is 2.94 bits per heavy atom. The van der Waals surface area contributed by atoms with Crippen LogP contribution in [0.5, 0.6) is 5.88 Å². The largest absolute Gasteiger partial charge is 0.480 e. The van der Waals surface area contributed by atoms with Gasteiger partial charge < -0.3 is 14.5 Å². The molecule has 0 radical (unpaired) electrons. The van der Waals surface area contributed by atoms with E-state index in [1.165, 1.54) is 19.5 Å². The molecule has 7 nitrogen and oxygen atoms in total. The van der Waals surface area contributed by atoms with E-state index in [4.69, 9.17) is 9.47 Å². The molecule has 0 fully saturated rings. The Bertz CT molecular complexity index is 650. The standard InChI is InChI=1S/C11H11N3O4/c1-3-18-11(16)6-4-12-10-8(9(6)15)14-7(17-2)5-13-10/h4-5H,3H2,1-2H3,(H,12,13,15). The minimum atomic E-state index is -0.690. The highest BCUT2D eigenvalue weighted by Gasteiger charge is 2.15. The summed E-state index contributed by atoms with van der Waals surface area (Å²) >= 11 is 0. The molecule has 94 valence electrons. The van der Waals surface area contributed by atoms with Crippen LogP contribution in [0.1, 0.15) is 17.3 Å². The predicted molar refractivity (Wildman–Crippen MR) is 62.7 cm³/mol. The van der Waals surface area contributed by atoms with Gasteiger partial charge >= 0.3 is 5.97 Å². The molecule has 0 atom stereocenters. The Labute approximate surface area is 102 Å². The van der Waals surface area contributed by atoms with Crippen molar-refractivity contribution in [2.75, 3.05) is 13.7 Å². The van der Waals surface area contributed by atoms with Crippen LogP contribution < -0.4 is 10.2 Å². The Balaban J connectivity index is 2.62. The normalized spacial score (nSPS) is 10.3. The molecule has 7 heteroatoms. The molecule has 0 saturated heterocycles. The highest BCUT2D eigenvalue weighted by molar-refractivity contribution is 5.91. The van der Waals surface area contributed by atoms with Crippen molar-refractivity contribution in [3.05, 3.63) is 28.2 Å². The summed E-state index contributed by atoms with van der Waals surface area (Å²) in [5, 5.41) is 0. The van der Waals surface area contributed by atoms with Crippen LogP contribution in [0.25, 0.3) is 11.2 Å². The van der Waals surface area contributed by atoms with Crippen LogP contribution in [0.2, 0.25) is 0 Å².